The highest BCUT2D eigenvalue weighted by molar-refractivity contribution is 7.89. The third kappa shape index (κ3) is 3.25. The summed E-state index contributed by atoms with van der Waals surface area (Å²) in [4.78, 5) is 12.3. The predicted octanol–water partition coefficient (Wildman–Crippen LogP) is 1.33. The average Bonchev–Trinajstić information content (AvgIpc) is 3.17. The second-order valence-electron chi connectivity index (χ2n) is 5.84. The van der Waals surface area contributed by atoms with Gasteiger partial charge in [0.25, 0.3) is 5.91 Å². The van der Waals surface area contributed by atoms with Crippen molar-refractivity contribution in [2.24, 2.45) is 7.05 Å². The maximum absolute atomic E-state index is 12.3. The van der Waals surface area contributed by atoms with Gasteiger partial charge in [-0.05, 0) is 31.0 Å². The molecule has 23 heavy (non-hydrogen) atoms. The quantitative estimate of drug-likeness (QED) is 0.896. The van der Waals surface area contributed by atoms with Crippen molar-refractivity contribution in [2.75, 3.05) is 25.4 Å². The molecule has 1 N–H and O–H groups in total. The van der Waals surface area contributed by atoms with E-state index in [1.165, 1.54) is 4.31 Å². The number of aryl methyl sites for hydroxylation is 1. The summed E-state index contributed by atoms with van der Waals surface area (Å²) in [6.45, 7) is 1.32. The van der Waals surface area contributed by atoms with Crippen molar-refractivity contribution < 1.29 is 13.2 Å². The lowest BCUT2D eigenvalue weighted by Gasteiger charge is -2.15. The largest absolute Gasteiger partial charge is 0.351 e. The molecule has 2 heterocycles. The first-order valence-electron chi connectivity index (χ1n) is 7.79. The molecule has 0 aliphatic carbocycles. The summed E-state index contributed by atoms with van der Waals surface area (Å²) in [7, 11) is -1.34. The monoisotopic (exact) mass is 335 g/mol. The van der Waals surface area contributed by atoms with Gasteiger partial charge in [-0.25, -0.2) is 12.7 Å². The fraction of sp³-hybridized carbons (Fsp3) is 0.438. The molecule has 1 fully saturated rings. The summed E-state index contributed by atoms with van der Waals surface area (Å²) in [5, 5.41) is 3.60. The number of carbonyl (C=O) groups is 1. The van der Waals surface area contributed by atoms with Gasteiger partial charge in [0, 0.05) is 49.3 Å². The van der Waals surface area contributed by atoms with Crippen molar-refractivity contribution in [3.8, 4) is 0 Å². The van der Waals surface area contributed by atoms with Gasteiger partial charge in [-0.1, -0.05) is 6.07 Å². The van der Waals surface area contributed by atoms with Gasteiger partial charge >= 0.3 is 0 Å². The number of sulfonamides is 1. The molecule has 7 heteroatoms. The molecule has 1 aromatic carbocycles. The van der Waals surface area contributed by atoms with Gasteiger partial charge in [0.15, 0.2) is 0 Å². The van der Waals surface area contributed by atoms with Crippen LogP contribution in [0.5, 0.6) is 0 Å². The summed E-state index contributed by atoms with van der Waals surface area (Å²) in [5.41, 5.74) is 1.55. The number of fused-ring (bicyclic) bond motifs is 1. The molecular formula is C16H21N3O3S. The Hall–Kier alpha value is -1.86. The smallest absolute Gasteiger partial charge is 0.251 e. The normalized spacial score (nSPS) is 16.0. The van der Waals surface area contributed by atoms with E-state index in [0.29, 0.717) is 18.7 Å². The third-order valence-electron chi connectivity index (χ3n) is 4.28. The van der Waals surface area contributed by atoms with Crippen LogP contribution >= 0.6 is 0 Å². The van der Waals surface area contributed by atoms with Gasteiger partial charge in [0.2, 0.25) is 10.0 Å². The van der Waals surface area contributed by atoms with Gasteiger partial charge in [0.05, 0.1) is 5.75 Å². The van der Waals surface area contributed by atoms with E-state index in [1.54, 1.807) is 6.07 Å². The number of amides is 1. The zero-order valence-corrected chi connectivity index (χ0v) is 14.0. The minimum Gasteiger partial charge on any atom is -0.351 e. The van der Waals surface area contributed by atoms with Gasteiger partial charge < -0.3 is 9.88 Å². The van der Waals surface area contributed by atoms with Crippen molar-refractivity contribution in [1.29, 1.82) is 0 Å². The molecule has 0 bridgehead atoms. The maximum atomic E-state index is 12.3. The van der Waals surface area contributed by atoms with Crippen LogP contribution in [0.15, 0.2) is 30.5 Å². The average molecular weight is 335 g/mol. The highest BCUT2D eigenvalue weighted by Crippen LogP contribution is 2.19. The zero-order valence-electron chi connectivity index (χ0n) is 13.2. The molecular weight excluding hydrogens is 314 g/mol. The fourth-order valence-corrected chi connectivity index (χ4v) is 4.42. The molecule has 124 valence electrons. The number of aromatic nitrogens is 1. The minimum absolute atomic E-state index is 0.0521. The van der Waals surface area contributed by atoms with Gasteiger partial charge in [-0.2, -0.15) is 0 Å². The molecule has 0 spiro atoms. The minimum atomic E-state index is -3.26. The molecule has 1 aliphatic heterocycles. The van der Waals surface area contributed by atoms with Crippen molar-refractivity contribution in [3.63, 3.8) is 0 Å². The van der Waals surface area contributed by atoms with E-state index < -0.39 is 10.0 Å². The Morgan fingerprint density at radius 1 is 1.22 bits per heavy atom. The Balaban J connectivity index is 1.65. The van der Waals surface area contributed by atoms with Crippen LogP contribution in [-0.2, 0) is 17.1 Å². The van der Waals surface area contributed by atoms with E-state index >= 15 is 0 Å². The van der Waals surface area contributed by atoms with Crippen molar-refractivity contribution in [3.05, 3.63) is 36.0 Å². The number of hydrogen-bond donors (Lipinski definition) is 1. The second-order valence-corrected chi connectivity index (χ2v) is 7.93. The van der Waals surface area contributed by atoms with Crippen LogP contribution < -0.4 is 5.32 Å². The number of nitrogens with one attached hydrogen (secondary N) is 1. The van der Waals surface area contributed by atoms with E-state index in [2.05, 4.69) is 5.32 Å². The Kier molecular flexibility index (Phi) is 4.41. The number of nitrogens with zero attached hydrogens (tertiary/aromatic N) is 2. The summed E-state index contributed by atoms with van der Waals surface area (Å²) >= 11 is 0. The topological polar surface area (TPSA) is 71.4 Å². The Labute approximate surface area is 136 Å². The number of rotatable bonds is 5. The van der Waals surface area contributed by atoms with Gasteiger partial charge in [-0.3, -0.25) is 4.79 Å². The molecule has 2 aromatic rings. The van der Waals surface area contributed by atoms with E-state index in [0.717, 1.165) is 23.7 Å². The molecule has 0 radical (unpaired) electrons. The molecule has 0 atom stereocenters. The first-order chi connectivity index (χ1) is 11.0. The van der Waals surface area contributed by atoms with Crippen LogP contribution in [-0.4, -0.2) is 48.6 Å². The van der Waals surface area contributed by atoms with Crippen LogP contribution in [0.1, 0.15) is 23.2 Å². The van der Waals surface area contributed by atoms with Crippen LogP contribution in [0.4, 0.5) is 0 Å². The zero-order chi connectivity index (χ0) is 16.4. The lowest BCUT2D eigenvalue weighted by Crippen LogP contribution is -2.36. The molecule has 1 saturated heterocycles. The maximum Gasteiger partial charge on any atom is 0.251 e. The molecule has 1 amide bonds. The lowest BCUT2D eigenvalue weighted by atomic mass is 10.1. The summed E-state index contributed by atoms with van der Waals surface area (Å²) < 4.78 is 27.7. The van der Waals surface area contributed by atoms with Gasteiger partial charge in [0.1, 0.15) is 0 Å². The van der Waals surface area contributed by atoms with Crippen LogP contribution in [0.3, 0.4) is 0 Å². The van der Waals surface area contributed by atoms with Crippen molar-refractivity contribution in [2.45, 2.75) is 12.8 Å². The highest BCUT2D eigenvalue weighted by atomic mass is 32.2. The molecule has 6 nitrogen and oxygen atoms in total. The van der Waals surface area contributed by atoms with Crippen molar-refractivity contribution in [1.82, 2.24) is 14.2 Å². The van der Waals surface area contributed by atoms with E-state index in [1.807, 2.05) is 36.0 Å². The second kappa shape index (κ2) is 6.33. The molecule has 3 rings (SSSR count). The first-order valence-corrected chi connectivity index (χ1v) is 9.40. The number of carbonyl (C=O) groups excluding carboxylic acids is 1. The lowest BCUT2D eigenvalue weighted by molar-refractivity contribution is 0.0957. The van der Waals surface area contributed by atoms with E-state index in [-0.39, 0.29) is 18.2 Å². The van der Waals surface area contributed by atoms with Gasteiger partial charge in [-0.15, -0.1) is 0 Å². The van der Waals surface area contributed by atoms with E-state index in [4.69, 9.17) is 0 Å². The molecule has 0 unspecified atom stereocenters. The summed E-state index contributed by atoms with van der Waals surface area (Å²) in [5.74, 6) is -0.290. The Morgan fingerprint density at radius 3 is 2.70 bits per heavy atom. The van der Waals surface area contributed by atoms with Crippen LogP contribution in [0.25, 0.3) is 10.9 Å². The standard InChI is InChI=1S/C16H21N3O3S/c1-18-11-7-13-14(5-4-6-15(13)18)16(20)17-8-12-23(21,22)19-9-2-3-10-19/h4-7,11H,2-3,8-10,12H2,1H3,(H,17,20). The highest BCUT2D eigenvalue weighted by Gasteiger charge is 2.25. The number of benzene rings is 1. The fourth-order valence-electron chi connectivity index (χ4n) is 2.98. The Bertz CT molecular complexity index is 820. The van der Waals surface area contributed by atoms with Crippen LogP contribution in [0.2, 0.25) is 0 Å². The van der Waals surface area contributed by atoms with Crippen LogP contribution in [0, 0.1) is 0 Å². The van der Waals surface area contributed by atoms with E-state index in [9.17, 15) is 13.2 Å². The first kappa shape index (κ1) is 16.0. The third-order valence-corrected chi connectivity index (χ3v) is 6.15. The SMILES string of the molecule is Cn1ccc2c(C(=O)NCCS(=O)(=O)N3CCCC3)cccc21. The molecule has 1 aromatic heterocycles. The molecule has 1 aliphatic rings. The number of hydrogen-bond acceptors (Lipinski definition) is 3. The molecule has 0 saturated carbocycles. The Morgan fingerprint density at radius 2 is 1.96 bits per heavy atom. The van der Waals surface area contributed by atoms with Crippen molar-refractivity contribution >= 4 is 26.8 Å². The summed E-state index contributed by atoms with van der Waals surface area (Å²) in [6, 6.07) is 7.43. The predicted molar refractivity (Wildman–Crippen MR) is 89.8 cm³/mol. The summed E-state index contributed by atoms with van der Waals surface area (Å²) in [6.07, 6.45) is 3.74.